The number of nitrogens with zero attached hydrogens (tertiary/aromatic N) is 3. The lowest BCUT2D eigenvalue weighted by Crippen LogP contribution is -2.40. The number of amides is 2. The highest BCUT2D eigenvalue weighted by molar-refractivity contribution is 5.73. The molecule has 154 valence electrons. The Morgan fingerprint density at radius 2 is 2.07 bits per heavy atom. The minimum atomic E-state index is -0.234. The molecule has 0 spiro atoms. The Balaban J connectivity index is 1.54. The molecular formula is C23H29FN4O. The Kier molecular flexibility index (Phi) is 5.19. The van der Waals surface area contributed by atoms with E-state index in [0.29, 0.717) is 11.8 Å². The highest BCUT2D eigenvalue weighted by atomic mass is 19.1. The fourth-order valence-corrected chi connectivity index (χ4v) is 4.96. The lowest BCUT2D eigenvalue weighted by Gasteiger charge is -2.29. The highest BCUT2D eigenvalue weighted by Crippen LogP contribution is 2.48. The van der Waals surface area contributed by atoms with Crippen LogP contribution in [-0.2, 0) is 6.42 Å². The van der Waals surface area contributed by atoms with Crippen molar-refractivity contribution in [1.29, 1.82) is 0 Å². The average molecular weight is 397 g/mol. The number of benzene rings is 1. The summed E-state index contributed by atoms with van der Waals surface area (Å²) in [5.41, 5.74) is 6.45. The molecule has 1 N–H and O–H groups in total. The molecule has 5 nitrogen and oxygen atoms in total. The molecule has 2 aliphatic rings. The van der Waals surface area contributed by atoms with E-state index in [9.17, 15) is 9.18 Å². The highest BCUT2D eigenvalue weighted by Gasteiger charge is 2.36. The third-order valence-corrected chi connectivity index (χ3v) is 6.34. The van der Waals surface area contributed by atoms with Crippen molar-refractivity contribution >= 4 is 6.03 Å². The molecule has 1 aromatic heterocycles. The van der Waals surface area contributed by atoms with Gasteiger partial charge in [0.2, 0.25) is 0 Å². The maximum absolute atomic E-state index is 13.3. The lowest BCUT2D eigenvalue weighted by atomic mass is 9.78. The van der Waals surface area contributed by atoms with Crippen LogP contribution in [0.25, 0.3) is 5.69 Å². The monoisotopic (exact) mass is 396 g/mol. The van der Waals surface area contributed by atoms with Gasteiger partial charge in [-0.2, -0.15) is 5.10 Å². The Hall–Kier alpha value is -2.63. The van der Waals surface area contributed by atoms with Gasteiger partial charge in [0.05, 0.1) is 17.6 Å². The van der Waals surface area contributed by atoms with E-state index in [1.807, 2.05) is 10.9 Å². The summed E-state index contributed by atoms with van der Waals surface area (Å²) in [5.74, 6) is 0.592. The van der Waals surface area contributed by atoms with Gasteiger partial charge in [-0.3, -0.25) is 0 Å². The number of hydrogen-bond acceptors (Lipinski definition) is 2. The fourth-order valence-electron chi connectivity index (χ4n) is 4.96. The maximum atomic E-state index is 13.3. The van der Waals surface area contributed by atoms with Crippen LogP contribution in [-0.4, -0.2) is 40.8 Å². The summed E-state index contributed by atoms with van der Waals surface area (Å²) in [4.78, 5) is 13.5. The zero-order valence-electron chi connectivity index (χ0n) is 17.6. The first kappa shape index (κ1) is 19.7. The van der Waals surface area contributed by atoms with Crippen molar-refractivity contribution < 1.29 is 9.18 Å². The van der Waals surface area contributed by atoms with Crippen LogP contribution in [0.15, 0.2) is 41.6 Å². The molecule has 1 heterocycles. The van der Waals surface area contributed by atoms with Gasteiger partial charge in [0.15, 0.2) is 0 Å². The lowest BCUT2D eigenvalue weighted by molar-refractivity contribution is 0.212. The topological polar surface area (TPSA) is 50.2 Å². The molecule has 2 aromatic rings. The minimum Gasteiger partial charge on any atom is -0.336 e. The first-order chi connectivity index (χ1) is 13.8. The third-order valence-electron chi connectivity index (χ3n) is 6.34. The van der Waals surface area contributed by atoms with E-state index in [2.05, 4.69) is 24.3 Å². The minimum absolute atomic E-state index is 0.0377. The summed E-state index contributed by atoms with van der Waals surface area (Å²) in [5, 5.41) is 7.71. The standard InChI is InChI=1S/C23H29FN4O/c1-14(26-23(29)27(3)4)11-16-5-6-17-12-21-20(15(2)22(16)17)13-25-28(21)19-9-7-18(24)8-10-19/h7-10,13-16H,5-6,11-12H2,1-4H3,(H,26,29)/t14?,15-,16+/m0/s1. The van der Waals surface area contributed by atoms with E-state index < -0.39 is 0 Å². The molecule has 0 saturated heterocycles. The molecule has 3 atom stereocenters. The van der Waals surface area contributed by atoms with Crippen LogP contribution in [0.3, 0.4) is 0 Å². The molecule has 0 bridgehead atoms. The molecule has 6 heteroatoms. The van der Waals surface area contributed by atoms with Gasteiger partial charge in [0.25, 0.3) is 0 Å². The van der Waals surface area contributed by atoms with Crippen LogP contribution in [0, 0.1) is 11.7 Å². The van der Waals surface area contributed by atoms with Crippen molar-refractivity contribution in [3.05, 3.63) is 58.7 Å². The van der Waals surface area contributed by atoms with Gasteiger partial charge >= 0.3 is 6.03 Å². The molecular weight excluding hydrogens is 367 g/mol. The Labute approximate surface area is 171 Å². The fraction of sp³-hybridized carbons (Fsp3) is 0.478. The summed E-state index contributed by atoms with van der Waals surface area (Å²) >= 11 is 0. The Morgan fingerprint density at radius 1 is 1.34 bits per heavy atom. The van der Waals surface area contributed by atoms with Gasteiger partial charge in [-0.05, 0) is 56.4 Å². The number of nitrogens with one attached hydrogen (secondary N) is 1. The molecule has 0 radical (unpaired) electrons. The van der Waals surface area contributed by atoms with Crippen LogP contribution in [0.5, 0.6) is 0 Å². The summed E-state index contributed by atoms with van der Waals surface area (Å²) < 4.78 is 15.3. The van der Waals surface area contributed by atoms with Crippen LogP contribution < -0.4 is 5.32 Å². The summed E-state index contributed by atoms with van der Waals surface area (Å²) in [7, 11) is 3.53. The maximum Gasteiger partial charge on any atom is 0.317 e. The number of aromatic nitrogens is 2. The molecule has 1 aromatic carbocycles. The number of urea groups is 1. The Bertz CT molecular complexity index is 944. The first-order valence-electron chi connectivity index (χ1n) is 10.4. The van der Waals surface area contributed by atoms with Crippen molar-refractivity contribution in [3.8, 4) is 5.69 Å². The van der Waals surface area contributed by atoms with E-state index in [1.165, 1.54) is 29.0 Å². The van der Waals surface area contributed by atoms with Gasteiger partial charge < -0.3 is 10.2 Å². The number of allylic oxidation sites excluding steroid dienone is 2. The van der Waals surface area contributed by atoms with Crippen molar-refractivity contribution in [2.45, 2.75) is 51.5 Å². The van der Waals surface area contributed by atoms with Crippen molar-refractivity contribution in [2.75, 3.05) is 14.1 Å². The second kappa shape index (κ2) is 7.65. The van der Waals surface area contributed by atoms with Crippen molar-refractivity contribution in [1.82, 2.24) is 20.0 Å². The van der Waals surface area contributed by atoms with E-state index in [-0.39, 0.29) is 17.9 Å². The number of rotatable bonds is 4. The predicted octanol–water partition coefficient (Wildman–Crippen LogP) is 4.43. The van der Waals surface area contributed by atoms with E-state index in [0.717, 1.165) is 31.4 Å². The molecule has 2 amide bonds. The van der Waals surface area contributed by atoms with E-state index in [1.54, 1.807) is 36.7 Å². The van der Waals surface area contributed by atoms with Crippen LogP contribution in [0.4, 0.5) is 9.18 Å². The van der Waals surface area contributed by atoms with Crippen LogP contribution in [0.1, 0.15) is 50.3 Å². The molecule has 4 rings (SSSR count). The molecule has 2 aliphatic carbocycles. The Morgan fingerprint density at radius 3 is 2.76 bits per heavy atom. The van der Waals surface area contributed by atoms with Gasteiger partial charge in [0, 0.05) is 38.0 Å². The van der Waals surface area contributed by atoms with Crippen molar-refractivity contribution in [2.24, 2.45) is 5.92 Å². The zero-order chi connectivity index (χ0) is 20.7. The van der Waals surface area contributed by atoms with Crippen LogP contribution >= 0.6 is 0 Å². The molecule has 1 unspecified atom stereocenters. The van der Waals surface area contributed by atoms with Gasteiger partial charge in [-0.1, -0.05) is 18.1 Å². The quantitative estimate of drug-likeness (QED) is 0.778. The smallest absolute Gasteiger partial charge is 0.317 e. The second-order valence-corrected chi connectivity index (χ2v) is 8.61. The third kappa shape index (κ3) is 3.68. The molecule has 0 fully saturated rings. The predicted molar refractivity (Wildman–Crippen MR) is 112 cm³/mol. The summed E-state index contributed by atoms with van der Waals surface area (Å²) in [6.07, 6.45) is 6.09. The van der Waals surface area contributed by atoms with E-state index >= 15 is 0 Å². The van der Waals surface area contributed by atoms with Gasteiger partial charge in [-0.25, -0.2) is 13.9 Å². The second-order valence-electron chi connectivity index (χ2n) is 8.61. The normalized spacial score (nSPS) is 21.6. The number of fused-ring (bicyclic) bond motifs is 1. The van der Waals surface area contributed by atoms with Gasteiger partial charge in [0.1, 0.15) is 5.82 Å². The SMILES string of the molecule is CC(C[C@H]1CCC2=C1[C@@H](C)c1cnn(-c3ccc(F)cc3)c1C2)NC(=O)N(C)C. The van der Waals surface area contributed by atoms with Gasteiger partial charge in [-0.15, -0.1) is 0 Å². The molecule has 0 saturated carbocycles. The number of carbonyl (C=O) groups excluding carboxylic acids is 1. The van der Waals surface area contributed by atoms with E-state index in [4.69, 9.17) is 0 Å². The summed E-state index contributed by atoms with van der Waals surface area (Å²) in [6.45, 7) is 4.36. The molecule has 29 heavy (non-hydrogen) atoms. The number of hydrogen-bond donors (Lipinski definition) is 1. The summed E-state index contributed by atoms with van der Waals surface area (Å²) in [6, 6.07) is 6.62. The van der Waals surface area contributed by atoms with Crippen molar-refractivity contribution in [3.63, 3.8) is 0 Å². The van der Waals surface area contributed by atoms with Crippen LogP contribution in [0.2, 0.25) is 0 Å². The first-order valence-corrected chi connectivity index (χ1v) is 10.4. The zero-order valence-corrected chi connectivity index (χ0v) is 17.6. The average Bonchev–Trinajstić information content (AvgIpc) is 3.27. The largest absolute Gasteiger partial charge is 0.336 e. The number of carbonyl (C=O) groups is 1. The molecule has 0 aliphatic heterocycles. The number of halogens is 1.